The topological polar surface area (TPSA) is 63.4 Å². The highest BCUT2D eigenvalue weighted by Gasteiger charge is 2.33. The number of rotatable bonds is 3. The quantitative estimate of drug-likeness (QED) is 0.617. The van der Waals surface area contributed by atoms with E-state index in [2.05, 4.69) is 0 Å². The van der Waals surface area contributed by atoms with E-state index in [4.69, 9.17) is 5.73 Å². The van der Waals surface area contributed by atoms with Crippen molar-refractivity contribution in [3.63, 3.8) is 0 Å². The molecule has 4 nitrogen and oxygen atoms in total. The Morgan fingerprint density at radius 2 is 2.09 bits per heavy atom. The minimum absolute atomic E-state index is 0.199. The molecule has 1 aliphatic rings. The summed E-state index contributed by atoms with van der Waals surface area (Å²) in [5.74, 6) is 0.584. The average Bonchev–Trinajstić information content (AvgIpc) is 1.85. The van der Waals surface area contributed by atoms with Gasteiger partial charge in [-0.05, 0) is 19.4 Å². The van der Waals surface area contributed by atoms with Gasteiger partial charge in [0.1, 0.15) is 0 Å². The van der Waals surface area contributed by atoms with Crippen molar-refractivity contribution < 1.29 is 8.42 Å². The Balaban J connectivity index is 2.44. The number of nitrogens with zero attached hydrogens (tertiary/aromatic N) is 1. The molecule has 1 rings (SSSR count). The first-order chi connectivity index (χ1) is 5.10. The van der Waals surface area contributed by atoms with Crippen LogP contribution in [0.4, 0.5) is 0 Å². The lowest BCUT2D eigenvalue weighted by molar-refractivity contribution is 0.207. The van der Waals surface area contributed by atoms with Crippen molar-refractivity contribution in [1.82, 2.24) is 4.31 Å². The van der Waals surface area contributed by atoms with Crippen molar-refractivity contribution in [2.45, 2.75) is 6.92 Å². The Morgan fingerprint density at radius 1 is 1.55 bits per heavy atom. The number of hydrogen-bond donors (Lipinski definition) is 1. The second-order valence-electron chi connectivity index (χ2n) is 2.82. The van der Waals surface area contributed by atoms with E-state index in [9.17, 15) is 8.42 Å². The Kier molecular flexibility index (Phi) is 2.51. The third-order valence-electron chi connectivity index (χ3n) is 2.02. The highest BCUT2D eigenvalue weighted by Crippen LogP contribution is 2.18. The number of sulfonamides is 1. The molecular formula is C6H14N2O2S. The molecule has 5 heteroatoms. The smallest absolute Gasteiger partial charge is 0.213 e. The van der Waals surface area contributed by atoms with Crippen LogP contribution >= 0.6 is 0 Å². The molecule has 11 heavy (non-hydrogen) atoms. The van der Waals surface area contributed by atoms with Crippen LogP contribution in [0.25, 0.3) is 0 Å². The molecule has 0 aliphatic carbocycles. The van der Waals surface area contributed by atoms with Crippen molar-refractivity contribution in [2.24, 2.45) is 11.7 Å². The van der Waals surface area contributed by atoms with Crippen LogP contribution in [0.2, 0.25) is 0 Å². The van der Waals surface area contributed by atoms with E-state index in [-0.39, 0.29) is 5.75 Å². The highest BCUT2D eigenvalue weighted by atomic mass is 32.2. The molecule has 1 aliphatic heterocycles. The lowest BCUT2D eigenvalue weighted by Crippen LogP contribution is -2.52. The maximum atomic E-state index is 11.1. The molecule has 1 saturated heterocycles. The molecule has 0 aromatic rings. The first-order valence-electron chi connectivity index (χ1n) is 3.78. The average molecular weight is 178 g/mol. The first kappa shape index (κ1) is 8.96. The van der Waals surface area contributed by atoms with Gasteiger partial charge in [0, 0.05) is 13.1 Å². The molecule has 0 bridgehead atoms. The fourth-order valence-electron chi connectivity index (χ4n) is 1.08. The summed E-state index contributed by atoms with van der Waals surface area (Å²) >= 11 is 0. The molecule has 0 spiro atoms. The predicted molar refractivity (Wildman–Crippen MR) is 43.6 cm³/mol. The first-order valence-corrected chi connectivity index (χ1v) is 5.39. The number of nitrogens with two attached hydrogens (primary N) is 1. The van der Waals surface area contributed by atoms with E-state index in [1.807, 2.05) is 0 Å². The van der Waals surface area contributed by atoms with E-state index >= 15 is 0 Å². The minimum Gasteiger partial charge on any atom is -0.330 e. The molecule has 1 heterocycles. The van der Waals surface area contributed by atoms with Crippen LogP contribution in [0.15, 0.2) is 0 Å². The summed E-state index contributed by atoms with van der Waals surface area (Å²) < 4.78 is 23.7. The maximum Gasteiger partial charge on any atom is 0.213 e. The van der Waals surface area contributed by atoms with Gasteiger partial charge in [0.15, 0.2) is 0 Å². The van der Waals surface area contributed by atoms with Crippen molar-refractivity contribution in [3.8, 4) is 0 Å². The van der Waals surface area contributed by atoms with Gasteiger partial charge in [-0.2, -0.15) is 0 Å². The van der Waals surface area contributed by atoms with Gasteiger partial charge in [-0.1, -0.05) is 0 Å². The van der Waals surface area contributed by atoms with Gasteiger partial charge in [-0.25, -0.2) is 12.7 Å². The molecule has 0 saturated carbocycles. The zero-order chi connectivity index (χ0) is 8.48. The van der Waals surface area contributed by atoms with E-state index < -0.39 is 10.0 Å². The van der Waals surface area contributed by atoms with Crippen molar-refractivity contribution >= 4 is 10.0 Å². The van der Waals surface area contributed by atoms with Crippen LogP contribution in [0.1, 0.15) is 6.92 Å². The number of hydrogen-bond acceptors (Lipinski definition) is 3. The van der Waals surface area contributed by atoms with Gasteiger partial charge < -0.3 is 5.73 Å². The van der Waals surface area contributed by atoms with Gasteiger partial charge in [0.2, 0.25) is 10.0 Å². The van der Waals surface area contributed by atoms with Crippen LogP contribution in [-0.2, 0) is 10.0 Å². The Hall–Kier alpha value is -0.130. The summed E-state index contributed by atoms with van der Waals surface area (Å²) in [5.41, 5.74) is 5.36. The van der Waals surface area contributed by atoms with Gasteiger partial charge in [0.05, 0.1) is 5.75 Å². The van der Waals surface area contributed by atoms with Gasteiger partial charge in [-0.15, -0.1) is 0 Å². The van der Waals surface area contributed by atoms with Gasteiger partial charge >= 0.3 is 0 Å². The molecule has 0 atom stereocenters. The third-order valence-corrected chi connectivity index (χ3v) is 3.83. The van der Waals surface area contributed by atoms with Crippen molar-refractivity contribution in [3.05, 3.63) is 0 Å². The molecular weight excluding hydrogens is 164 g/mol. The van der Waals surface area contributed by atoms with Crippen molar-refractivity contribution in [2.75, 3.05) is 25.4 Å². The monoisotopic (exact) mass is 178 g/mol. The zero-order valence-electron chi connectivity index (χ0n) is 6.66. The van der Waals surface area contributed by atoms with Crippen LogP contribution < -0.4 is 5.73 Å². The molecule has 0 aromatic heterocycles. The fraction of sp³-hybridized carbons (Fsp3) is 1.00. The third kappa shape index (κ3) is 1.72. The maximum absolute atomic E-state index is 11.1. The summed E-state index contributed by atoms with van der Waals surface area (Å²) in [6, 6.07) is 0. The van der Waals surface area contributed by atoms with Crippen LogP contribution in [-0.4, -0.2) is 38.1 Å². The molecule has 1 fully saturated rings. The Morgan fingerprint density at radius 3 is 2.45 bits per heavy atom. The predicted octanol–water partition coefficient (Wildman–Crippen LogP) is -0.773. The van der Waals surface area contributed by atoms with Crippen LogP contribution in [0.5, 0.6) is 0 Å². The molecule has 0 amide bonds. The molecule has 66 valence electrons. The van der Waals surface area contributed by atoms with Crippen molar-refractivity contribution in [1.29, 1.82) is 0 Å². The Labute approximate surface area is 67.4 Å². The van der Waals surface area contributed by atoms with Crippen LogP contribution in [0.3, 0.4) is 0 Å². The molecule has 0 radical (unpaired) electrons. The molecule has 0 aromatic carbocycles. The normalized spacial score (nSPS) is 21.6. The zero-order valence-corrected chi connectivity index (χ0v) is 7.47. The van der Waals surface area contributed by atoms with E-state index in [1.165, 1.54) is 4.31 Å². The van der Waals surface area contributed by atoms with E-state index in [0.717, 1.165) is 0 Å². The summed E-state index contributed by atoms with van der Waals surface area (Å²) in [6.07, 6.45) is 0. The summed E-state index contributed by atoms with van der Waals surface area (Å²) in [6.45, 7) is 3.49. The molecule has 2 N–H and O–H groups in total. The SMILES string of the molecule is CCS(=O)(=O)N1CC(CN)C1. The lowest BCUT2D eigenvalue weighted by Gasteiger charge is -2.37. The second-order valence-corrected chi connectivity index (χ2v) is 5.08. The summed E-state index contributed by atoms with van der Waals surface area (Å²) in [7, 11) is -2.93. The summed E-state index contributed by atoms with van der Waals surface area (Å²) in [5, 5.41) is 0. The lowest BCUT2D eigenvalue weighted by atomic mass is 10.0. The summed E-state index contributed by atoms with van der Waals surface area (Å²) in [4.78, 5) is 0. The van der Waals surface area contributed by atoms with Gasteiger partial charge in [-0.3, -0.25) is 0 Å². The largest absolute Gasteiger partial charge is 0.330 e. The van der Waals surface area contributed by atoms with E-state index in [0.29, 0.717) is 25.6 Å². The minimum atomic E-state index is -2.93. The second kappa shape index (κ2) is 3.08. The molecule has 0 unspecified atom stereocenters. The standard InChI is InChI=1S/C6H14N2O2S/c1-2-11(9,10)8-4-6(3-7)5-8/h6H,2-5,7H2,1H3. The highest BCUT2D eigenvalue weighted by molar-refractivity contribution is 7.89. The van der Waals surface area contributed by atoms with E-state index in [1.54, 1.807) is 6.92 Å². The van der Waals surface area contributed by atoms with Gasteiger partial charge in [0.25, 0.3) is 0 Å². The Bertz CT molecular complexity index is 219. The fourth-order valence-corrected chi connectivity index (χ4v) is 2.32. The van der Waals surface area contributed by atoms with Crippen LogP contribution in [0, 0.1) is 5.92 Å².